The minimum Gasteiger partial charge on any atom is -1.00 e. The van der Waals surface area contributed by atoms with Gasteiger partial charge in [0.05, 0.1) is 4.86 Å². The number of aliphatic carboxylic acids is 1. The molecule has 0 heterocycles. The van der Waals surface area contributed by atoms with Gasteiger partial charge in [0.1, 0.15) is 6.04 Å². The van der Waals surface area contributed by atoms with E-state index >= 15 is 0 Å². The first-order valence-corrected chi connectivity index (χ1v) is 7.01. The number of carbonyl (C=O) groups is 1. The Hall–Kier alpha value is -1.04. The molecular formula is C17H18NNaO2S. The SMILES string of the molecule is Cc1ccc(C(=S)c2ccc(C)c(C(N)C(=O)O)c2)cc1.[H-].[Na+]. The number of carboxylic acid groups (broad SMARTS) is 1. The zero-order valence-corrected chi connectivity index (χ0v) is 15.8. The van der Waals surface area contributed by atoms with Crippen molar-refractivity contribution < 1.29 is 40.9 Å². The Balaban J connectivity index is 0.00000242. The molecule has 0 aliphatic heterocycles. The smallest absolute Gasteiger partial charge is 1.00 e. The van der Waals surface area contributed by atoms with Gasteiger partial charge in [0.15, 0.2) is 0 Å². The normalized spacial score (nSPS) is 11.4. The summed E-state index contributed by atoms with van der Waals surface area (Å²) >= 11 is 5.50. The van der Waals surface area contributed by atoms with Crippen LogP contribution in [0.2, 0.25) is 0 Å². The number of hydrogen-bond acceptors (Lipinski definition) is 3. The second kappa shape index (κ2) is 7.99. The number of rotatable bonds is 4. The van der Waals surface area contributed by atoms with Gasteiger partial charge < -0.3 is 12.3 Å². The molecule has 3 N–H and O–H groups in total. The van der Waals surface area contributed by atoms with Crippen LogP contribution in [-0.4, -0.2) is 15.9 Å². The molecule has 0 bridgehead atoms. The largest absolute Gasteiger partial charge is 1.00 e. The minimum absolute atomic E-state index is 0. The van der Waals surface area contributed by atoms with Crippen LogP contribution in [0.3, 0.4) is 0 Å². The van der Waals surface area contributed by atoms with E-state index in [9.17, 15) is 4.79 Å². The summed E-state index contributed by atoms with van der Waals surface area (Å²) in [6.07, 6.45) is 0. The van der Waals surface area contributed by atoms with Crippen molar-refractivity contribution in [3.05, 3.63) is 70.3 Å². The first-order valence-electron chi connectivity index (χ1n) is 6.60. The zero-order chi connectivity index (χ0) is 15.6. The Morgan fingerprint density at radius 3 is 2.23 bits per heavy atom. The molecule has 2 aromatic carbocycles. The van der Waals surface area contributed by atoms with Crippen molar-refractivity contribution in [2.24, 2.45) is 5.73 Å². The second-order valence-electron chi connectivity index (χ2n) is 5.08. The Morgan fingerprint density at radius 1 is 1.14 bits per heavy atom. The van der Waals surface area contributed by atoms with Crippen molar-refractivity contribution in [2.75, 3.05) is 0 Å². The van der Waals surface area contributed by atoms with Gasteiger partial charge in [-0.2, -0.15) is 0 Å². The van der Waals surface area contributed by atoms with E-state index in [4.69, 9.17) is 23.1 Å². The second-order valence-corrected chi connectivity index (χ2v) is 5.49. The molecule has 2 aromatic rings. The molecule has 0 radical (unpaired) electrons. The maximum atomic E-state index is 11.1. The predicted molar refractivity (Wildman–Crippen MR) is 88.8 cm³/mol. The van der Waals surface area contributed by atoms with Gasteiger partial charge in [-0.1, -0.05) is 54.2 Å². The Kier molecular flexibility index (Phi) is 6.91. The molecule has 0 fully saturated rings. The van der Waals surface area contributed by atoms with E-state index in [1.165, 1.54) is 5.56 Å². The summed E-state index contributed by atoms with van der Waals surface area (Å²) < 4.78 is 0. The molecule has 22 heavy (non-hydrogen) atoms. The van der Waals surface area contributed by atoms with Gasteiger partial charge in [-0.15, -0.1) is 0 Å². The molecule has 5 heteroatoms. The third-order valence-corrected chi connectivity index (χ3v) is 3.93. The summed E-state index contributed by atoms with van der Waals surface area (Å²) in [6, 6.07) is 12.4. The predicted octanol–water partition coefficient (Wildman–Crippen LogP) is 0.271. The molecule has 2 rings (SSSR count). The summed E-state index contributed by atoms with van der Waals surface area (Å²) in [5, 5.41) is 9.08. The minimum atomic E-state index is -1.04. The summed E-state index contributed by atoms with van der Waals surface area (Å²) in [6.45, 7) is 3.86. The van der Waals surface area contributed by atoms with Crippen LogP contribution in [-0.2, 0) is 4.79 Å². The van der Waals surface area contributed by atoms with Crippen molar-refractivity contribution in [3.63, 3.8) is 0 Å². The molecule has 0 amide bonds. The zero-order valence-electron chi connectivity index (χ0n) is 14.0. The van der Waals surface area contributed by atoms with Crippen molar-refractivity contribution >= 4 is 23.1 Å². The fourth-order valence-corrected chi connectivity index (χ4v) is 2.38. The van der Waals surface area contributed by atoms with Crippen LogP contribution < -0.4 is 35.3 Å². The third kappa shape index (κ3) is 4.24. The van der Waals surface area contributed by atoms with Gasteiger partial charge in [-0.3, -0.25) is 4.79 Å². The van der Waals surface area contributed by atoms with Crippen LogP contribution in [0, 0.1) is 13.8 Å². The first kappa shape index (κ1) is 19.0. The van der Waals surface area contributed by atoms with Crippen LogP contribution in [0.25, 0.3) is 0 Å². The van der Waals surface area contributed by atoms with E-state index in [-0.39, 0.29) is 31.0 Å². The molecule has 0 spiro atoms. The van der Waals surface area contributed by atoms with E-state index in [0.717, 1.165) is 16.7 Å². The number of carboxylic acids is 1. The van der Waals surface area contributed by atoms with Crippen LogP contribution in [0.4, 0.5) is 0 Å². The summed E-state index contributed by atoms with van der Waals surface area (Å²) in [5.41, 5.74) is 10.1. The number of benzene rings is 2. The van der Waals surface area contributed by atoms with E-state index in [1.807, 2.05) is 50.2 Å². The number of hydrogen-bond donors (Lipinski definition) is 2. The average Bonchev–Trinajstić information content (AvgIpc) is 2.47. The fourth-order valence-electron chi connectivity index (χ4n) is 2.12. The molecule has 3 nitrogen and oxygen atoms in total. The van der Waals surface area contributed by atoms with Gasteiger partial charge in [-0.05, 0) is 42.2 Å². The Morgan fingerprint density at radius 2 is 1.68 bits per heavy atom. The monoisotopic (exact) mass is 323 g/mol. The molecule has 0 saturated carbocycles. The van der Waals surface area contributed by atoms with E-state index in [2.05, 4.69) is 0 Å². The average molecular weight is 323 g/mol. The molecule has 0 aliphatic rings. The van der Waals surface area contributed by atoms with E-state index < -0.39 is 12.0 Å². The van der Waals surface area contributed by atoms with E-state index in [0.29, 0.717) is 10.4 Å². The molecule has 110 valence electrons. The van der Waals surface area contributed by atoms with Crippen molar-refractivity contribution in [1.29, 1.82) is 0 Å². The maximum Gasteiger partial charge on any atom is 1.00 e. The number of thiocarbonyl (C=S) groups is 1. The van der Waals surface area contributed by atoms with Gasteiger partial charge in [-0.25, -0.2) is 0 Å². The van der Waals surface area contributed by atoms with Gasteiger partial charge in [0, 0.05) is 0 Å². The first-order chi connectivity index (χ1) is 9.90. The summed E-state index contributed by atoms with van der Waals surface area (Å²) in [4.78, 5) is 11.8. The molecule has 1 atom stereocenters. The number of aryl methyl sites for hydroxylation is 2. The van der Waals surface area contributed by atoms with Crippen LogP contribution in [0.5, 0.6) is 0 Å². The Labute approximate surface area is 159 Å². The standard InChI is InChI=1S/C17H17NO2S.Na.H/c1-10-3-6-12(7-4-10)16(21)13-8-5-11(2)14(9-13)15(18)17(19)20;;/h3-9,15H,18H2,1-2H3,(H,19,20);;/q;+1;-1. The van der Waals surface area contributed by atoms with Crippen LogP contribution >= 0.6 is 12.2 Å². The summed E-state index contributed by atoms with van der Waals surface area (Å²) in [5.74, 6) is -1.04. The fraction of sp³-hybridized carbons (Fsp3) is 0.176. The van der Waals surface area contributed by atoms with Crippen LogP contribution in [0.1, 0.15) is 35.3 Å². The van der Waals surface area contributed by atoms with Gasteiger partial charge in [0.2, 0.25) is 0 Å². The van der Waals surface area contributed by atoms with Gasteiger partial charge >= 0.3 is 35.5 Å². The third-order valence-electron chi connectivity index (χ3n) is 3.46. The summed E-state index contributed by atoms with van der Waals surface area (Å²) in [7, 11) is 0. The quantitative estimate of drug-likeness (QED) is 0.482. The molecule has 1 unspecified atom stereocenters. The van der Waals surface area contributed by atoms with Crippen molar-refractivity contribution in [3.8, 4) is 0 Å². The van der Waals surface area contributed by atoms with Crippen LogP contribution in [0.15, 0.2) is 42.5 Å². The van der Waals surface area contributed by atoms with E-state index in [1.54, 1.807) is 6.07 Å². The van der Waals surface area contributed by atoms with Crippen molar-refractivity contribution in [1.82, 2.24) is 0 Å². The maximum absolute atomic E-state index is 11.1. The molecule has 0 aliphatic carbocycles. The molecule has 0 aromatic heterocycles. The number of nitrogens with two attached hydrogens (primary N) is 1. The van der Waals surface area contributed by atoms with Crippen molar-refractivity contribution in [2.45, 2.75) is 19.9 Å². The topological polar surface area (TPSA) is 63.3 Å². The van der Waals surface area contributed by atoms with Gasteiger partial charge in [0.25, 0.3) is 0 Å². The Bertz CT molecular complexity index is 704. The molecule has 0 saturated heterocycles. The molecular weight excluding hydrogens is 305 g/mol.